The summed E-state index contributed by atoms with van der Waals surface area (Å²) in [5, 5.41) is 5.46. The van der Waals surface area contributed by atoms with Crippen molar-refractivity contribution in [2.24, 2.45) is 0 Å². The summed E-state index contributed by atoms with van der Waals surface area (Å²) in [5.74, 6) is -1.04. The Balaban J connectivity index is 1.88. The number of pyridine rings is 1. The van der Waals surface area contributed by atoms with Gasteiger partial charge in [-0.25, -0.2) is 9.37 Å². The van der Waals surface area contributed by atoms with E-state index in [4.69, 9.17) is 0 Å². The molecule has 2 aromatic heterocycles. The van der Waals surface area contributed by atoms with Gasteiger partial charge in [0.05, 0.1) is 16.8 Å². The molecule has 0 saturated carbocycles. The van der Waals surface area contributed by atoms with E-state index in [1.807, 2.05) is 5.38 Å². The maximum Gasteiger partial charge on any atom is 0.254 e. The number of hydrogen-bond acceptors (Lipinski definition) is 4. The van der Waals surface area contributed by atoms with Gasteiger partial charge in [0.15, 0.2) is 5.82 Å². The molecular weight excluding hydrogens is 241 g/mol. The topological polar surface area (TPSA) is 54.9 Å². The maximum atomic E-state index is 13.2. The van der Waals surface area contributed by atoms with Crippen molar-refractivity contribution >= 4 is 17.2 Å². The summed E-state index contributed by atoms with van der Waals surface area (Å²) in [6.07, 6.45) is 4.77. The molecule has 6 heteroatoms. The van der Waals surface area contributed by atoms with Crippen molar-refractivity contribution in [1.29, 1.82) is 0 Å². The van der Waals surface area contributed by atoms with Crippen LogP contribution in [-0.2, 0) is 6.42 Å². The predicted molar refractivity (Wildman–Crippen MR) is 62.3 cm³/mol. The highest BCUT2D eigenvalue weighted by Gasteiger charge is 2.10. The fraction of sp³-hybridized carbons (Fsp3) is 0.182. The molecule has 1 N–H and O–H groups in total. The summed E-state index contributed by atoms with van der Waals surface area (Å²) in [6, 6.07) is 1.36. The van der Waals surface area contributed by atoms with E-state index in [0.717, 1.165) is 11.2 Å². The van der Waals surface area contributed by atoms with Gasteiger partial charge in [-0.1, -0.05) is 0 Å². The first-order chi connectivity index (χ1) is 8.27. The molecule has 2 heterocycles. The molecule has 0 unspecified atom stereocenters. The lowest BCUT2D eigenvalue weighted by Crippen LogP contribution is -2.26. The lowest BCUT2D eigenvalue weighted by atomic mass is 10.2. The molecule has 17 heavy (non-hydrogen) atoms. The lowest BCUT2D eigenvalue weighted by Gasteiger charge is -2.04. The van der Waals surface area contributed by atoms with Gasteiger partial charge in [0.2, 0.25) is 0 Å². The number of carbonyl (C=O) groups is 1. The first kappa shape index (κ1) is 11.7. The molecule has 0 bridgehead atoms. The van der Waals surface area contributed by atoms with Crippen molar-refractivity contribution in [2.75, 3.05) is 6.54 Å². The molecule has 0 atom stereocenters. The first-order valence-corrected chi connectivity index (χ1v) is 5.91. The molecule has 0 radical (unpaired) electrons. The van der Waals surface area contributed by atoms with Crippen LogP contribution in [-0.4, -0.2) is 22.4 Å². The number of thiazole rings is 1. The highest BCUT2D eigenvalue weighted by atomic mass is 32.1. The third-order valence-corrected chi connectivity index (χ3v) is 2.96. The van der Waals surface area contributed by atoms with E-state index in [0.29, 0.717) is 13.0 Å². The molecule has 0 spiro atoms. The number of halogens is 1. The Hall–Kier alpha value is -1.82. The molecule has 4 nitrogen and oxygen atoms in total. The van der Waals surface area contributed by atoms with Crippen LogP contribution in [0.25, 0.3) is 0 Å². The maximum absolute atomic E-state index is 13.2. The van der Waals surface area contributed by atoms with Crippen LogP contribution >= 0.6 is 11.3 Å². The summed E-state index contributed by atoms with van der Waals surface area (Å²) >= 11 is 1.53. The van der Waals surface area contributed by atoms with E-state index < -0.39 is 11.7 Å². The summed E-state index contributed by atoms with van der Waals surface area (Å²) < 4.78 is 13.2. The van der Waals surface area contributed by atoms with Crippen LogP contribution in [0, 0.1) is 5.82 Å². The van der Waals surface area contributed by atoms with Crippen molar-refractivity contribution in [3.8, 4) is 0 Å². The normalized spacial score (nSPS) is 10.2. The second-order valence-corrected chi connectivity index (χ2v) is 4.27. The molecule has 2 rings (SSSR count). The second-order valence-electron chi connectivity index (χ2n) is 3.29. The van der Waals surface area contributed by atoms with Gasteiger partial charge in [-0.05, 0) is 6.07 Å². The van der Waals surface area contributed by atoms with Gasteiger partial charge in [-0.2, -0.15) is 0 Å². The van der Waals surface area contributed by atoms with Gasteiger partial charge in [0.1, 0.15) is 0 Å². The second kappa shape index (κ2) is 5.49. The van der Waals surface area contributed by atoms with E-state index in [-0.39, 0.29) is 5.56 Å². The highest BCUT2D eigenvalue weighted by Crippen LogP contribution is 2.05. The number of nitrogens with zero attached hydrogens (tertiary/aromatic N) is 2. The van der Waals surface area contributed by atoms with Crippen molar-refractivity contribution in [3.63, 3.8) is 0 Å². The van der Waals surface area contributed by atoms with Crippen LogP contribution in [0.4, 0.5) is 4.39 Å². The minimum atomic E-state index is -0.612. The van der Waals surface area contributed by atoms with E-state index in [9.17, 15) is 9.18 Å². The predicted octanol–water partition coefficient (Wildman–Crippen LogP) is 1.65. The third-order valence-electron chi connectivity index (χ3n) is 2.12. The Morgan fingerprint density at radius 3 is 3.06 bits per heavy atom. The molecule has 0 aromatic carbocycles. The minimum absolute atomic E-state index is 0.0131. The Labute approximate surface area is 102 Å². The summed E-state index contributed by atoms with van der Waals surface area (Å²) in [6.45, 7) is 0.439. The average Bonchev–Trinajstić information content (AvgIpc) is 2.82. The van der Waals surface area contributed by atoms with Gasteiger partial charge in [-0.15, -0.1) is 11.3 Å². The molecule has 2 aromatic rings. The Bertz CT molecular complexity index is 501. The molecule has 1 amide bonds. The SMILES string of the molecule is O=C(NCCc1nccs1)c1ccncc1F. The van der Waals surface area contributed by atoms with Gasteiger partial charge < -0.3 is 5.32 Å². The summed E-state index contributed by atoms with van der Waals surface area (Å²) in [4.78, 5) is 19.3. The van der Waals surface area contributed by atoms with E-state index in [1.165, 1.54) is 23.6 Å². The Kier molecular flexibility index (Phi) is 3.77. The fourth-order valence-electron chi connectivity index (χ4n) is 1.31. The zero-order valence-electron chi connectivity index (χ0n) is 8.89. The van der Waals surface area contributed by atoms with Gasteiger partial charge in [0.25, 0.3) is 5.91 Å². The number of nitrogens with one attached hydrogen (secondary N) is 1. The number of aromatic nitrogens is 2. The van der Waals surface area contributed by atoms with Crippen molar-refractivity contribution in [3.05, 3.63) is 46.4 Å². The summed E-state index contributed by atoms with van der Waals surface area (Å²) in [5.41, 5.74) is 0.0131. The smallest absolute Gasteiger partial charge is 0.254 e. The van der Waals surface area contributed by atoms with Crippen LogP contribution in [0.2, 0.25) is 0 Å². The van der Waals surface area contributed by atoms with E-state index >= 15 is 0 Å². The molecular formula is C11H10FN3OS. The Morgan fingerprint density at radius 1 is 1.47 bits per heavy atom. The number of amides is 1. The largest absolute Gasteiger partial charge is 0.352 e. The van der Waals surface area contributed by atoms with Gasteiger partial charge in [0, 0.05) is 30.7 Å². The zero-order valence-corrected chi connectivity index (χ0v) is 9.71. The average molecular weight is 251 g/mol. The third kappa shape index (κ3) is 3.07. The van der Waals surface area contributed by atoms with Crippen LogP contribution in [0.15, 0.2) is 30.0 Å². The molecule has 0 saturated heterocycles. The summed E-state index contributed by atoms with van der Waals surface area (Å²) in [7, 11) is 0. The zero-order chi connectivity index (χ0) is 12.1. The quantitative estimate of drug-likeness (QED) is 0.899. The molecule has 0 aliphatic carbocycles. The fourth-order valence-corrected chi connectivity index (χ4v) is 1.93. The number of rotatable bonds is 4. The lowest BCUT2D eigenvalue weighted by molar-refractivity contribution is 0.0950. The van der Waals surface area contributed by atoms with Gasteiger partial charge >= 0.3 is 0 Å². The van der Waals surface area contributed by atoms with Crippen LogP contribution in [0.5, 0.6) is 0 Å². The monoisotopic (exact) mass is 251 g/mol. The number of hydrogen-bond donors (Lipinski definition) is 1. The number of carbonyl (C=O) groups excluding carboxylic acids is 1. The van der Waals surface area contributed by atoms with Crippen molar-refractivity contribution < 1.29 is 9.18 Å². The highest BCUT2D eigenvalue weighted by molar-refractivity contribution is 7.09. The van der Waals surface area contributed by atoms with Crippen LogP contribution < -0.4 is 5.32 Å². The minimum Gasteiger partial charge on any atom is -0.352 e. The van der Waals surface area contributed by atoms with Crippen LogP contribution in [0.1, 0.15) is 15.4 Å². The standard InChI is InChI=1S/C11H10FN3OS/c12-9-7-13-3-1-8(9)11(16)15-4-2-10-14-5-6-17-10/h1,3,5-7H,2,4H2,(H,15,16). The van der Waals surface area contributed by atoms with Crippen LogP contribution in [0.3, 0.4) is 0 Å². The van der Waals surface area contributed by atoms with Crippen molar-refractivity contribution in [2.45, 2.75) is 6.42 Å². The Morgan fingerprint density at radius 2 is 2.35 bits per heavy atom. The molecule has 88 valence electrons. The van der Waals surface area contributed by atoms with E-state index in [2.05, 4.69) is 15.3 Å². The molecule has 0 fully saturated rings. The molecule has 0 aliphatic rings. The van der Waals surface area contributed by atoms with Crippen molar-refractivity contribution in [1.82, 2.24) is 15.3 Å². The molecule has 0 aliphatic heterocycles. The van der Waals surface area contributed by atoms with Gasteiger partial charge in [-0.3, -0.25) is 9.78 Å². The first-order valence-electron chi connectivity index (χ1n) is 5.03. The van der Waals surface area contributed by atoms with E-state index in [1.54, 1.807) is 6.20 Å².